The maximum absolute atomic E-state index is 13.0. The summed E-state index contributed by atoms with van der Waals surface area (Å²) in [7, 11) is 0. The third-order valence-corrected chi connectivity index (χ3v) is 5.92. The summed E-state index contributed by atoms with van der Waals surface area (Å²) in [6.45, 7) is 6.05. The van der Waals surface area contributed by atoms with Gasteiger partial charge in [0.2, 0.25) is 0 Å². The number of thioether (sulfide) groups is 1. The van der Waals surface area contributed by atoms with Gasteiger partial charge in [0.1, 0.15) is 4.83 Å². The molecule has 0 saturated heterocycles. The molecule has 0 spiro atoms. The molecule has 122 valence electrons. The molecule has 7 heteroatoms. The molecule has 0 bridgehead atoms. The molecule has 0 aromatic carbocycles. The van der Waals surface area contributed by atoms with Gasteiger partial charge < -0.3 is 9.90 Å². The van der Waals surface area contributed by atoms with Crippen LogP contribution in [0.5, 0.6) is 0 Å². The number of carboxylic acids is 1. The van der Waals surface area contributed by atoms with Gasteiger partial charge in [-0.25, -0.2) is 4.98 Å². The molecule has 5 nitrogen and oxygen atoms in total. The van der Waals surface area contributed by atoms with Crippen molar-refractivity contribution in [2.24, 2.45) is 0 Å². The minimum Gasteiger partial charge on any atom is -0.549 e. The number of aromatic nitrogens is 2. The predicted octanol–water partition coefficient (Wildman–Crippen LogP) is 1.75. The van der Waals surface area contributed by atoms with Crippen molar-refractivity contribution in [3.63, 3.8) is 0 Å². The van der Waals surface area contributed by atoms with Gasteiger partial charge in [0.05, 0.1) is 11.4 Å². The van der Waals surface area contributed by atoms with E-state index in [1.165, 1.54) is 4.88 Å². The summed E-state index contributed by atoms with van der Waals surface area (Å²) in [5, 5.41) is 11.9. The molecule has 0 saturated carbocycles. The first-order valence-corrected chi connectivity index (χ1v) is 9.29. The lowest BCUT2D eigenvalue weighted by molar-refractivity contribution is -0.301. The lowest BCUT2D eigenvalue weighted by Gasteiger charge is -2.13. The Bertz CT molecular complexity index is 851. The van der Waals surface area contributed by atoms with E-state index in [4.69, 9.17) is 0 Å². The van der Waals surface area contributed by atoms with Crippen LogP contribution >= 0.6 is 23.1 Å². The van der Waals surface area contributed by atoms with Crippen LogP contribution in [-0.4, -0.2) is 21.3 Å². The third kappa shape index (κ3) is 3.21. The zero-order valence-corrected chi connectivity index (χ0v) is 14.5. The number of nitrogens with zero attached hydrogens (tertiary/aromatic N) is 2. The van der Waals surface area contributed by atoms with Gasteiger partial charge >= 0.3 is 0 Å². The summed E-state index contributed by atoms with van der Waals surface area (Å²) in [6, 6.07) is 0. The van der Waals surface area contributed by atoms with Gasteiger partial charge in [-0.1, -0.05) is 23.9 Å². The van der Waals surface area contributed by atoms with Crippen molar-refractivity contribution in [3.8, 4) is 0 Å². The summed E-state index contributed by atoms with van der Waals surface area (Å²) in [6.07, 6.45) is 4.16. The second kappa shape index (κ2) is 6.49. The van der Waals surface area contributed by atoms with Crippen LogP contribution in [0.4, 0.5) is 0 Å². The Labute approximate surface area is 142 Å². The molecule has 1 aliphatic rings. The molecule has 3 rings (SSSR count). The van der Waals surface area contributed by atoms with Gasteiger partial charge in [-0.2, -0.15) is 0 Å². The topological polar surface area (TPSA) is 75.0 Å². The summed E-state index contributed by atoms with van der Waals surface area (Å²) in [5.74, 6) is -1.39. The van der Waals surface area contributed by atoms with Crippen LogP contribution < -0.4 is 10.7 Å². The highest BCUT2D eigenvalue weighted by Crippen LogP contribution is 2.34. The number of carbonyl (C=O) groups is 1. The first kappa shape index (κ1) is 16.3. The molecule has 0 fully saturated rings. The van der Waals surface area contributed by atoms with E-state index in [0.717, 1.165) is 53.4 Å². The Morgan fingerprint density at radius 1 is 1.43 bits per heavy atom. The van der Waals surface area contributed by atoms with Gasteiger partial charge in [0.15, 0.2) is 5.16 Å². The number of carboxylic acid groups (broad SMARTS) is 1. The number of hydrogen-bond acceptors (Lipinski definition) is 6. The highest BCUT2D eigenvalue weighted by molar-refractivity contribution is 7.99. The van der Waals surface area contributed by atoms with Crippen LogP contribution in [0.3, 0.4) is 0 Å². The van der Waals surface area contributed by atoms with Crippen LogP contribution in [0.1, 0.15) is 30.2 Å². The van der Waals surface area contributed by atoms with E-state index < -0.39 is 5.97 Å². The van der Waals surface area contributed by atoms with Crippen LogP contribution in [0.15, 0.2) is 22.1 Å². The summed E-state index contributed by atoms with van der Waals surface area (Å²) < 4.78 is 1.54. The number of allylic oxidation sites excluding steroid dienone is 1. The largest absolute Gasteiger partial charge is 0.549 e. The fraction of sp³-hybridized carbons (Fsp3) is 0.438. The van der Waals surface area contributed by atoms with E-state index in [1.807, 2.05) is 6.92 Å². The molecule has 0 N–H and O–H groups in total. The van der Waals surface area contributed by atoms with Crippen molar-refractivity contribution in [1.82, 2.24) is 9.55 Å². The molecule has 0 radical (unpaired) electrons. The van der Waals surface area contributed by atoms with Crippen LogP contribution in [0.25, 0.3) is 10.2 Å². The minimum absolute atomic E-state index is 0.0850. The van der Waals surface area contributed by atoms with Gasteiger partial charge in [-0.05, 0) is 38.2 Å². The molecule has 2 aromatic rings. The highest BCUT2D eigenvalue weighted by atomic mass is 32.2. The number of aryl methyl sites for hydroxylation is 2. The molecule has 0 aliphatic heterocycles. The van der Waals surface area contributed by atoms with Crippen molar-refractivity contribution in [3.05, 3.63) is 32.9 Å². The number of thiophene rings is 1. The fourth-order valence-corrected chi connectivity index (χ4v) is 4.88. The second-order valence-corrected chi connectivity index (χ2v) is 7.82. The zero-order valence-electron chi connectivity index (χ0n) is 12.9. The summed E-state index contributed by atoms with van der Waals surface area (Å²) in [4.78, 5) is 30.3. The number of hydrogen-bond donors (Lipinski definition) is 0. The molecule has 2 aromatic heterocycles. The average Bonchev–Trinajstić information content (AvgIpc) is 2.86. The maximum atomic E-state index is 13.0. The monoisotopic (exact) mass is 349 g/mol. The van der Waals surface area contributed by atoms with Gasteiger partial charge in [0.25, 0.3) is 5.56 Å². The van der Waals surface area contributed by atoms with Crippen molar-refractivity contribution in [2.75, 3.05) is 5.75 Å². The lowest BCUT2D eigenvalue weighted by Crippen LogP contribution is -2.27. The van der Waals surface area contributed by atoms with Crippen molar-refractivity contribution < 1.29 is 9.90 Å². The first-order chi connectivity index (χ1) is 11.0. The summed E-state index contributed by atoms with van der Waals surface area (Å²) in [5.41, 5.74) is 1.88. The number of rotatable bonds is 5. The first-order valence-electron chi connectivity index (χ1n) is 7.49. The average molecular weight is 349 g/mol. The maximum Gasteiger partial charge on any atom is 0.263 e. The Kier molecular flexibility index (Phi) is 4.59. The third-order valence-electron chi connectivity index (χ3n) is 3.79. The highest BCUT2D eigenvalue weighted by Gasteiger charge is 2.22. The normalized spacial score (nSPS) is 14.0. The molecule has 2 heterocycles. The SMILES string of the molecule is C=C(C)Cn1c(SCC(=O)[O-])nc2sc3c(c2c1=O)CCCC3. The Balaban J connectivity index is 2.19. The van der Waals surface area contributed by atoms with E-state index in [0.29, 0.717) is 17.1 Å². The van der Waals surface area contributed by atoms with E-state index in [1.54, 1.807) is 15.9 Å². The van der Waals surface area contributed by atoms with E-state index in [-0.39, 0.29) is 11.3 Å². The fourth-order valence-electron chi connectivity index (χ4n) is 2.86. The summed E-state index contributed by atoms with van der Waals surface area (Å²) >= 11 is 2.59. The van der Waals surface area contributed by atoms with E-state index in [9.17, 15) is 14.7 Å². The standard InChI is InChI=1S/C16H18N2O3S2/c1-9(2)7-18-15(21)13-10-5-3-4-6-11(10)23-14(13)17-16(18)22-8-12(19)20/h1,3-8H2,2H3,(H,19,20)/p-1. The quantitative estimate of drug-likeness (QED) is 0.467. The second-order valence-electron chi connectivity index (χ2n) is 5.79. The zero-order chi connectivity index (χ0) is 16.6. The Hall–Kier alpha value is -1.60. The number of fused-ring (bicyclic) bond motifs is 3. The van der Waals surface area contributed by atoms with Crippen LogP contribution in [-0.2, 0) is 24.2 Å². The lowest BCUT2D eigenvalue weighted by atomic mass is 9.97. The van der Waals surface area contributed by atoms with Crippen LogP contribution in [0, 0.1) is 0 Å². The van der Waals surface area contributed by atoms with Gasteiger partial charge in [-0.3, -0.25) is 9.36 Å². The molecule has 0 unspecified atom stereocenters. The minimum atomic E-state index is -1.17. The van der Waals surface area contributed by atoms with Crippen LogP contribution in [0.2, 0.25) is 0 Å². The molecule has 1 aliphatic carbocycles. The number of carbonyl (C=O) groups excluding carboxylic acids is 1. The number of aliphatic carboxylic acids is 1. The Morgan fingerprint density at radius 3 is 2.87 bits per heavy atom. The molecule has 0 amide bonds. The van der Waals surface area contributed by atoms with E-state index >= 15 is 0 Å². The van der Waals surface area contributed by atoms with Crippen molar-refractivity contribution in [2.45, 2.75) is 44.3 Å². The van der Waals surface area contributed by atoms with Gasteiger partial charge in [-0.15, -0.1) is 11.3 Å². The predicted molar refractivity (Wildman–Crippen MR) is 91.1 cm³/mol. The van der Waals surface area contributed by atoms with Crippen molar-refractivity contribution >= 4 is 39.3 Å². The van der Waals surface area contributed by atoms with Crippen molar-refractivity contribution in [1.29, 1.82) is 0 Å². The van der Waals surface area contributed by atoms with E-state index in [2.05, 4.69) is 11.6 Å². The molecular weight excluding hydrogens is 332 g/mol. The molecule has 23 heavy (non-hydrogen) atoms. The van der Waals surface area contributed by atoms with Gasteiger partial charge in [0, 0.05) is 17.2 Å². The smallest absolute Gasteiger partial charge is 0.263 e. The molecule has 0 atom stereocenters. The Morgan fingerprint density at radius 2 is 2.17 bits per heavy atom. The molecular formula is C16H17N2O3S2-.